The zero-order valence-corrected chi connectivity index (χ0v) is 8.78. The number of rotatable bonds is 1. The van der Waals surface area contributed by atoms with Crippen LogP contribution in [0.3, 0.4) is 0 Å². The van der Waals surface area contributed by atoms with Crippen molar-refractivity contribution in [2.24, 2.45) is 0 Å². The van der Waals surface area contributed by atoms with Crippen molar-refractivity contribution in [1.29, 1.82) is 0 Å². The first-order chi connectivity index (χ1) is 6.59. The number of aromatic hydroxyl groups is 1. The highest BCUT2D eigenvalue weighted by molar-refractivity contribution is 6.34. The van der Waals surface area contributed by atoms with Gasteiger partial charge in [-0.25, -0.2) is 0 Å². The van der Waals surface area contributed by atoms with Crippen LogP contribution in [-0.2, 0) is 0 Å². The summed E-state index contributed by atoms with van der Waals surface area (Å²) in [5.74, 6) is 0.211. The number of fused-ring (bicyclic) bond motifs is 1. The molecule has 2 aromatic rings. The summed E-state index contributed by atoms with van der Waals surface area (Å²) in [6, 6.07) is 5.21. The summed E-state index contributed by atoms with van der Waals surface area (Å²) in [4.78, 5) is 0. The van der Waals surface area contributed by atoms with E-state index < -0.39 is 0 Å². The van der Waals surface area contributed by atoms with Crippen LogP contribution in [0, 0.1) is 0 Å². The third-order valence-electron chi connectivity index (χ3n) is 2.11. The average Bonchev–Trinajstić information content (AvgIpc) is 2.44. The predicted octanol–water partition coefficient (Wildman–Crippen LogP) is 2.98. The molecule has 1 aromatic heterocycles. The fraction of sp³-hybridized carbons (Fsp3) is 0.300. The van der Waals surface area contributed by atoms with Crippen LogP contribution in [-0.4, -0.2) is 14.9 Å². The molecule has 0 saturated heterocycles. The molecule has 14 heavy (non-hydrogen) atoms. The molecule has 2 rings (SSSR count). The van der Waals surface area contributed by atoms with Gasteiger partial charge in [0.2, 0.25) is 0 Å². The molecule has 0 aliphatic rings. The van der Waals surface area contributed by atoms with Gasteiger partial charge in [0.05, 0.1) is 5.52 Å². The van der Waals surface area contributed by atoms with Crippen LogP contribution in [0.25, 0.3) is 10.9 Å². The van der Waals surface area contributed by atoms with Crippen molar-refractivity contribution in [3.05, 3.63) is 23.4 Å². The summed E-state index contributed by atoms with van der Waals surface area (Å²) < 4.78 is 1.74. The monoisotopic (exact) mass is 210 g/mol. The number of phenolic OH excluding ortho intramolecular Hbond substituents is 1. The van der Waals surface area contributed by atoms with Crippen LogP contribution < -0.4 is 0 Å². The van der Waals surface area contributed by atoms with Gasteiger partial charge in [-0.3, -0.25) is 4.68 Å². The molecule has 0 aliphatic heterocycles. The smallest absolute Gasteiger partial charge is 0.135 e. The Kier molecular flexibility index (Phi) is 2.11. The van der Waals surface area contributed by atoms with Gasteiger partial charge in [0.15, 0.2) is 0 Å². The van der Waals surface area contributed by atoms with E-state index in [1.807, 2.05) is 13.8 Å². The molecule has 0 aliphatic carbocycles. The van der Waals surface area contributed by atoms with Gasteiger partial charge < -0.3 is 5.11 Å². The molecule has 0 spiro atoms. The predicted molar refractivity (Wildman–Crippen MR) is 56.8 cm³/mol. The molecule has 0 radical (unpaired) electrons. The molecule has 1 aromatic carbocycles. The fourth-order valence-corrected chi connectivity index (χ4v) is 1.79. The van der Waals surface area contributed by atoms with Gasteiger partial charge in [0.25, 0.3) is 0 Å². The van der Waals surface area contributed by atoms with Gasteiger partial charge in [0.1, 0.15) is 10.9 Å². The summed E-state index contributed by atoms with van der Waals surface area (Å²) in [7, 11) is 0. The molecular formula is C10H11ClN2O. The zero-order valence-electron chi connectivity index (χ0n) is 8.03. The van der Waals surface area contributed by atoms with Gasteiger partial charge in [-0.15, -0.1) is 0 Å². The maximum atomic E-state index is 9.31. The third kappa shape index (κ3) is 1.34. The summed E-state index contributed by atoms with van der Waals surface area (Å²) in [6.45, 7) is 4.02. The minimum Gasteiger partial charge on any atom is -0.508 e. The van der Waals surface area contributed by atoms with Crippen molar-refractivity contribution in [3.8, 4) is 5.75 Å². The molecule has 0 bridgehead atoms. The largest absolute Gasteiger partial charge is 0.508 e. The number of benzene rings is 1. The highest BCUT2D eigenvalue weighted by atomic mass is 35.5. The van der Waals surface area contributed by atoms with E-state index in [0.29, 0.717) is 5.15 Å². The molecule has 1 N–H and O–H groups in total. The van der Waals surface area contributed by atoms with Crippen molar-refractivity contribution >= 4 is 22.5 Å². The molecule has 0 amide bonds. The molecular weight excluding hydrogens is 200 g/mol. The van der Waals surface area contributed by atoms with Crippen molar-refractivity contribution in [2.45, 2.75) is 19.9 Å². The molecule has 0 saturated carbocycles. The average molecular weight is 211 g/mol. The molecule has 3 nitrogen and oxygen atoms in total. The first-order valence-electron chi connectivity index (χ1n) is 4.46. The fourth-order valence-electron chi connectivity index (χ4n) is 1.40. The van der Waals surface area contributed by atoms with Gasteiger partial charge in [-0.1, -0.05) is 11.6 Å². The molecule has 74 valence electrons. The van der Waals surface area contributed by atoms with Crippen LogP contribution in [0.15, 0.2) is 18.2 Å². The highest BCUT2D eigenvalue weighted by Gasteiger charge is 2.11. The van der Waals surface area contributed by atoms with Crippen molar-refractivity contribution in [1.82, 2.24) is 9.78 Å². The summed E-state index contributed by atoms with van der Waals surface area (Å²) in [6.07, 6.45) is 0. The van der Waals surface area contributed by atoms with E-state index >= 15 is 0 Å². The molecule has 4 heteroatoms. The zero-order chi connectivity index (χ0) is 10.3. The number of halogens is 1. The molecule has 0 fully saturated rings. The highest BCUT2D eigenvalue weighted by Crippen LogP contribution is 2.28. The Labute approximate surface area is 86.9 Å². The van der Waals surface area contributed by atoms with Gasteiger partial charge in [-0.2, -0.15) is 5.10 Å². The SMILES string of the molecule is CC(C)n1nc2ccc(O)cc2c1Cl. The van der Waals surface area contributed by atoms with Gasteiger partial charge >= 0.3 is 0 Å². The Morgan fingerprint density at radius 1 is 1.43 bits per heavy atom. The summed E-state index contributed by atoms with van der Waals surface area (Å²) >= 11 is 6.11. The van der Waals surface area contributed by atoms with Crippen LogP contribution in [0.4, 0.5) is 0 Å². The van der Waals surface area contributed by atoms with Crippen LogP contribution >= 0.6 is 11.6 Å². The van der Waals surface area contributed by atoms with Crippen molar-refractivity contribution < 1.29 is 5.11 Å². The maximum Gasteiger partial charge on any atom is 0.135 e. The van der Waals surface area contributed by atoms with E-state index in [4.69, 9.17) is 11.6 Å². The second kappa shape index (κ2) is 3.17. The second-order valence-corrected chi connectivity index (χ2v) is 3.89. The van der Waals surface area contributed by atoms with Gasteiger partial charge in [-0.05, 0) is 32.0 Å². The van der Waals surface area contributed by atoms with Crippen LogP contribution in [0.5, 0.6) is 5.75 Å². The molecule has 1 heterocycles. The number of hydrogen-bond donors (Lipinski definition) is 1. The number of aromatic nitrogens is 2. The van der Waals surface area contributed by atoms with Gasteiger partial charge in [0, 0.05) is 11.4 Å². The van der Waals surface area contributed by atoms with E-state index in [9.17, 15) is 5.11 Å². The number of hydrogen-bond acceptors (Lipinski definition) is 2. The Bertz CT molecular complexity index is 476. The first kappa shape index (κ1) is 9.34. The lowest BCUT2D eigenvalue weighted by atomic mass is 10.2. The lowest BCUT2D eigenvalue weighted by Gasteiger charge is -2.05. The quantitative estimate of drug-likeness (QED) is 0.786. The van der Waals surface area contributed by atoms with E-state index in [-0.39, 0.29) is 11.8 Å². The van der Waals surface area contributed by atoms with Crippen molar-refractivity contribution in [3.63, 3.8) is 0 Å². The normalized spacial score (nSPS) is 11.4. The van der Waals surface area contributed by atoms with E-state index in [1.165, 1.54) is 0 Å². The second-order valence-electron chi connectivity index (χ2n) is 3.53. The number of nitrogens with zero attached hydrogens (tertiary/aromatic N) is 2. The standard InChI is InChI=1S/C10H11ClN2O/c1-6(2)13-10(11)8-5-7(14)3-4-9(8)12-13/h3-6,14H,1-2H3. The van der Waals surface area contributed by atoms with Crippen LogP contribution in [0.1, 0.15) is 19.9 Å². The Balaban J connectivity index is 2.74. The molecule has 0 atom stereocenters. The van der Waals surface area contributed by atoms with E-state index in [2.05, 4.69) is 5.10 Å². The Morgan fingerprint density at radius 3 is 2.79 bits per heavy atom. The summed E-state index contributed by atoms with van der Waals surface area (Å²) in [5, 5.41) is 15.0. The lowest BCUT2D eigenvalue weighted by molar-refractivity contribution is 0.476. The Morgan fingerprint density at radius 2 is 2.14 bits per heavy atom. The minimum atomic E-state index is 0.211. The summed E-state index contributed by atoms with van der Waals surface area (Å²) in [5.41, 5.74) is 0.807. The third-order valence-corrected chi connectivity index (χ3v) is 2.48. The van der Waals surface area contributed by atoms with Crippen LogP contribution in [0.2, 0.25) is 5.15 Å². The first-order valence-corrected chi connectivity index (χ1v) is 4.84. The maximum absolute atomic E-state index is 9.31. The van der Waals surface area contributed by atoms with E-state index in [0.717, 1.165) is 10.9 Å². The number of phenols is 1. The minimum absolute atomic E-state index is 0.211. The van der Waals surface area contributed by atoms with E-state index in [1.54, 1.807) is 22.9 Å². The Hall–Kier alpha value is -1.22. The lowest BCUT2D eigenvalue weighted by Crippen LogP contribution is -2.01. The topological polar surface area (TPSA) is 38.0 Å². The van der Waals surface area contributed by atoms with Crippen molar-refractivity contribution in [2.75, 3.05) is 0 Å². The molecule has 0 unspecified atom stereocenters.